The van der Waals surface area contributed by atoms with Gasteiger partial charge in [0.2, 0.25) is 0 Å². The van der Waals surface area contributed by atoms with E-state index in [1.165, 1.54) is 25.5 Å². The second-order valence-corrected chi connectivity index (χ2v) is 8.73. The van der Waals surface area contributed by atoms with Gasteiger partial charge in [-0.05, 0) is 52.3 Å². The van der Waals surface area contributed by atoms with E-state index in [-0.39, 0.29) is 5.69 Å². The summed E-state index contributed by atoms with van der Waals surface area (Å²) in [5, 5.41) is 7.69. The Morgan fingerprint density at radius 1 is 1.19 bits per heavy atom. The highest BCUT2D eigenvalue weighted by Gasteiger charge is 2.31. The van der Waals surface area contributed by atoms with Crippen molar-refractivity contribution in [3.05, 3.63) is 76.4 Å². The maximum Gasteiger partial charge on any atom is 0.269 e. The van der Waals surface area contributed by atoms with E-state index < -0.39 is 44.8 Å². The molecule has 0 aliphatic carbocycles. The van der Waals surface area contributed by atoms with Gasteiger partial charge in [0.1, 0.15) is 47.5 Å². The quantitative estimate of drug-likeness (QED) is 0.376. The molecule has 0 saturated heterocycles. The van der Waals surface area contributed by atoms with Gasteiger partial charge < -0.3 is 9.47 Å². The van der Waals surface area contributed by atoms with Crippen LogP contribution in [0.4, 0.5) is 24.5 Å². The maximum absolute atomic E-state index is 15.2. The molecule has 0 radical (unpaired) electrons. The van der Waals surface area contributed by atoms with Gasteiger partial charge in [0.25, 0.3) is 10.0 Å². The van der Waals surface area contributed by atoms with Gasteiger partial charge in [-0.2, -0.15) is 0 Å². The number of hydrogen-bond donors (Lipinski definition) is 0. The van der Waals surface area contributed by atoms with Crippen molar-refractivity contribution in [2.75, 3.05) is 24.8 Å². The van der Waals surface area contributed by atoms with Crippen molar-refractivity contribution in [3.8, 4) is 0 Å². The van der Waals surface area contributed by atoms with Crippen LogP contribution in [0, 0.1) is 17.5 Å². The second-order valence-electron chi connectivity index (χ2n) is 6.04. The SMILES string of the molecule is COCN(c1cccc(N=NC2=COCC=C2Br)c1F)S(=O)(=O)c1cc(F)ccc1F. The lowest BCUT2D eigenvalue weighted by molar-refractivity contribution is 0.209. The number of anilines is 1. The average Bonchev–Trinajstić information content (AvgIpc) is 2.74. The Bertz CT molecular complexity index is 1190. The summed E-state index contributed by atoms with van der Waals surface area (Å²) in [6.07, 6.45) is 3.01. The summed E-state index contributed by atoms with van der Waals surface area (Å²) in [7, 11) is -3.55. The zero-order chi connectivity index (χ0) is 22.6. The molecule has 0 fully saturated rings. The van der Waals surface area contributed by atoms with Gasteiger partial charge >= 0.3 is 0 Å². The van der Waals surface area contributed by atoms with Gasteiger partial charge in [0, 0.05) is 11.6 Å². The molecule has 0 spiro atoms. The lowest BCUT2D eigenvalue weighted by atomic mass is 10.2. The van der Waals surface area contributed by atoms with Gasteiger partial charge in [-0.3, -0.25) is 0 Å². The molecule has 0 bridgehead atoms. The highest BCUT2D eigenvalue weighted by molar-refractivity contribution is 9.12. The summed E-state index contributed by atoms with van der Waals surface area (Å²) in [5.74, 6) is -3.22. The van der Waals surface area contributed by atoms with Crippen molar-refractivity contribution >= 4 is 37.3 Å². The van der Waals surface area contributed by atoms with Crippen LogP contribution in [0.3, 0.4) is 0 Å². The minimum atomic E-state index is -4.72. The first-order valence-corrected chi connectivity index (χ1v) is 10.8. The summed E-state index contributed by atoms with van der Waals surface area (Å²) in [5.41, 5.74) is -0.481. The van der Waals surface area contributed by atoms with E-state index in [9.17, 15) is 17.2 Å². The van der Waals surface area contributed by atoms with Crippen molar-refractivity contribution in [3.63, 3.8) is 0 Å². The minimum absolute atomic E-state index is 0.291. The first kappa shape index (κ1) is 23.0. The Hall–Kier alpha value is -2.70. The molecule has 1 aliphatic rings. The van der Waals surface area contributed by atoms with Crippen LogP contribution in [0.25, 0.3) is 0 Å². The largest absolute Gasteiger partial charge is 0.495 e. The molecule has 0 amide bonds. The third-order valence-electron chi connectivity index (χ3n) is 4.00. The lowest BCUT2D eigenvalue weighted by Gasteiger charge is -2.24. The van der Waals surface area contributed by atoms with Gasteiger partial charge in [0.15, 0.2) is 5.82 Å². The molecule has 1 aliphatic heterocycles. The van der Waals surface area contributed by atoms with Crippen LogP contribution in [0.15, 0.2) is 74.0 Å². The summed E-state index contributed by atoms with van der Waals surface area (Å²) in [4.78, 5) is -0.963. The number of methoxy groups -OCH3 is 1. The van der Waals surface area contributed by atoms with Crippen LogP contribution < -0.4 is 4.31 Å². The van der Waals surface area contributed by atoms with E-state index in [4.69, 9.17) is 9.47 Å². The molecule has 12 heteroatoms. The third-order valence-corrected chi connectivity index (χ3v) is 6.48. The molecule has 0 atom stereocenters. The summed E-state index contributed by atoms with van der Waals surface area (Å²) in [6.45, 7) is -0.326. The topological polar surface area (TPSA) is 80.6 Å². The van der Waals surface area contributed by atoms with Crippen LogP contribution in [-0.4, -0.2) is 28.9 Å². The molecule has 0 saturated carbocycles. The van der Waals surface area contributed by atoms with Gasteiger partial charge in [-0.1, -0.05) is 6.07 Å². The fraction of sp³-hybridized carbons (Fsp3) is 0.158. The number of rotatable bonds is 7. The Balaban J connectivity index is 2.04. The Morgan fingerprint density at radius 2 is 1.97 bits per heavy atom. The van der Waals surface area contributed by atoms with E-state index in [0.29, 0.717) is 33.2 Å². The molecule has 31 heavy (non-hydrogen) atoms. The van der Waals surface area contributed by atoms with E-state index in [0.717, 1.165) is 12.1 Å². The first-order chi connectivity index (χ1) is 14.8. The number of sulfonamides is 1. The number of halogens is 4. The van der Waals surface area contributed by atoms with Crippen LogP contribution in [0.1, 0.15) is 0 Å². The Kier molecular flexibility index (Phi) is 7.13. The smallest absolute Gasteiger partial charge is 0.269 e. The molecular weight excluding hydrogens is 503 g/mol. The van der Waals surface area contributed by atoms with Crippen LogP contribution in [0.2, 0.25) is 0 Å². The van der Waals surface area contributed by atoms with Crippen LogP contribution >= 0.6 is 15.9 Å². The molecule has 164 valence electrons. The predicted octanol–water partition coefficient (Wildman–Crippen LogP) is 5.14. The van der Waals surface area contributed by atoms with Crippen LogP contribution in [0.5, 0.6) is 0 Å². The fourth-order valence-electron chi connectivity index (χ4n) is 2.55. The number of allylic oxidation sites excluding steroid dienone is 1. The number of nitrogens with zero attached hydrogens (tertiary/aromatic N) is 3. The van der Waals surface area contributed by atoms with Gasteiger partial charge in [-0.15, -0.1) is 10.2 Å². The maximum atomic E-state index is 15.2. The molecule has 1 heterocycles. The van der Waals surface area contributed by atoms with E-state index in [2.05, 4.69) is 26.2 Å². The summed E-state index contributed by atoms with van der Waals surface area (Å²) < 4.78 is 79.9. The average molecular weight is 518 g/mol. The summed E-state index contributed by atoms with van der Waals surface area (Å²) in [6, 6.07) is 5.69. The molecule has 7 nitrogen and oxygen atoms in total. The van der Waals surface area contributed by atoms with Gasteiger partial charge in [-0.25, -0.2) is 25.9 Å². The van der Waals surface area contributed by atoms with Crippen molar-refractivity contribution in [2.45, 2.75) is 4.90 Å². The molecular formula is C19H15BrF3N3O4S. The molecule has 3 rings (SSSR count). The van der Waals surface area contributed by atoms with Gasteiger partial charge in [0.05, 0.1) is 5.69 Å². The molecule has 0 aromatic heterocycles. The van der Waals surface area contributed by atoms with E-state index >= 15 is 4.39 Å². The third kappa shape index (κ3) is 4.97. The van der Waals surface area contributed by atoms with Crippen molar-refractivity contribution in [2.24, 2.45) is 10.2 Å². The lowest BCUT2D eigenvalue weighted by Crippen LogP contribution is -2.34. The molecule has 0 N–H and O–H groups in total. The van der Waals surface area contributed by atoms with Crippen molar-refractivity contribution in [1.29, 1.82) is 0 Å². The summed E-state index contributed by atoms with van der Waals surface area (Å²) >= 11 is 3.26. The fourth-order valence-corrected chi connectivity index (χ4v) is 4.31. The van der Waals surface area contributed by atoms with E-state index in [1.54, 1.807) is 6.08 Å². The first-order valence-electron chi connectivity index (χ1n) is 8.60. The van der Waals surface area contributed by atoms with Crippen molar-refractivity contribution < 1.29 is 31.1 Å². The second kappa shape index (κ2) is 9.62. The predicted molar refractivity (Wildman–Crippen MR) is 110 cm³/mol. The zero-order valence-corrected chi connectivity index (χ0v) is 18.3. The number of benzene rings is 2. The number of ether oxygens (including phenoxy) is 2. The van der Waals surface area contributed by atoms with E-state index in [1.807, 2.05) is 0 Å². The highest BCUT2D eigenvalue weighted by atomic mass is 79.9. The molecule has 0 unspecified atom stereocenters. The Labute approximate surface area is 184 Å². The molecule has 2 aromatic carbocycles. The number of azo groups is 1. The monoisotopic (exact) mass is 517 g/mol. The zero-order valence-electron chi connectivity index (χ0n) is 15.9. The minimum Gasteiger partial charge on any atom is -0.495 e. The standard InChI is InChI=1S/C19H15BrF3N3O4S/c1-29-11-26(31(27,28)18-9-12(21)5-6-14(18)22)17-4-2-3-15(19(17)23)24-25-16-10-30-8-7-13(16)20/h2-7,9-10H,8,11H2,1H3. The van der Waals surface area contributed by atoms with Crippen molar-refractivity contribution in [1.82, 2.24) is 0 Å². The number of hydrogen-bond acceptors (Lipinski definition) is 6. The Morgan fingerprint density at radius 3 is 2.68 bits per heavy atom. The van der Waals surface area contributed by atoms with Crippen LogP contribution in [-0.2, 0) is 19.5 Å². The highest BCUT2D eigenvalue weighted by Crippen LogP contribution is 2.33. The normalized spacial score (nSPS) is 14.2. The molecule has 2 aromatic rings.